The van der Waals surface area contributed by atoms with Gasteiger partial charge in [-0.2, -0.15) is 0 Å². The Labute approximate surface area is 112 Å². The number of hydrogen-bond donors (Lipinski definition) is 1. The molecule has 0 aromatic heterocycles. The number of rotatable bonds is 4. The van der Waals surface area contributed by atoms with E-state index in [1.165, 1.54) is 12.0 Å². The molecule has 1 aliphatic rings. The van der Waals surface area contributed by atoms with E-state index < -0.39 is 11.9 Å². The van der Waals surface area contributed by atoms with E-state index in [1.807, 2.05) is 0 Å². The molecule has 0 bridgehead atoms. The molecule has 0 aliphatic carbocycles. The highest BCUT2D eigenvalue weighted by atomic mass is 16.5. The SMILES string of the molecule is COC(=O)CN(C)C(=O)N1CCC(CC(=O)O)CC1. The zero-order valence-corrected chi connectivity index (χ0v) is 11.3. The van der Waals surface area contributed by atoms with Crippen LogP contribution in [0.4, 0.5) is 4.79 Å². The van der Waals surface area contributed by atoms with Gasteiger partial charge in [0.1, 0.15) is 6.54 Å². The average Bonchev–Trinajstić information content (AvgIpc) is 2.37. The molecule has 0 aromatic rings. The highest BCUT2D eigenvalue weighted by Gasteiger charge is 2.26. The number of esters is 1. The average molecular weight is 272 g/mol. The third kappa shape index (κ3) is 4.76. The van der Waals surface area contributed by atoms with E-state index in [-0.39, 0.29) is 24.9 Å². The van der Waals surface area contributed by atoms with Gasteiger partial charge in [0.05, 0.1) is 7.11 Å². The summed E-state index contributed by atoms with van der Waals surface area (Å²) >= 11 is 0. The first-order valence-corrected chi connectivity index (χ1v) is 6.22. The monoisotopic (exact) mass is 272 g/mol. The van der Waals surface area contributed by atoms with E-state index >= 15 is 0 Å². The van der Waals surface area contributed by atoms with E-state index in [1.54, 1.807) is 11.9 Å². The summed E-state index contributed by atoms with van der Waals surface area (Å²) in [4.78, 5) is 36.6. The fourth-order valence-electron chi connectivity index (χ4n) is 2.14. The molecule has 1 saturated heterocycles. The number of carbonyl (C=O) groups excluding carboxylic acids is 2. The highest BCUT2D eigenvalue weighted by Crippen LogP contribution is 2.21. The van der Waals surface area contributed by atoms with Gasteiger partial charge < -0.3 is 19.6 Å². The van der Waals surface area contributed by atoms with Crippen LogP contribution in [0.3, 0.4) is 0 Å². The molecule has 1 heterocycles. The maximum absolute atomic E-state index is 12.0. The van der Waals surface area contributed by atoms with Crippen molar-refractivity contribution in [1.82, 2.24) is 9.80 Å². The summed E-state index contributed by atoms with van der Waals surface area (Å²) in [6, 6.07) is -0.223. The third-order valence-corrected chi connectivity index (χ3v) is 3.27. The minimum atomic E-state index is -0.799. The fraction of sp³-hybridized carbons (Fsp3) is 0.750. The number of carboxylic acid groups (broad SMARTS) is 1. The van der Waals surface area contributed by atoms with Gasteiger partial charge >= 0.3 is 18.0 Å². The van der Waals surface area contributed by atoms with Gasteiger partial charge in [-0.15, -0.1) is 0 Å². The molecule has 0 spiro atoms. The number of ether oxygens (including phenoxy) is 1. The molecule has 1 fully saturated rings. The van der Waals surface area contributed by atoms with Crippen LogP contribution in [0.25, 0.3) is 0 Å². The van der Waals surface area contributed by atoms with Gasteiger partial charge in [0.25, 0.3) is 0 Å². The zero-order chi connectivity index (χ0) is 14.4. The number of amides is 2. The number of hydrogen-bond acceptors (Lipinski definition) is 4. The molecule has 0 radical (unpaired) electrons. The first kappa shape index (κ1) is 15.3. The van der Waals surface area contributed by atoms with Crippen LogP contribution in [0.1, 0.15) is 19.3 Å². The van der Waals surface area contributed by atoms with E-state index in [0.29, 0.717) is 25.9 Å². The Morgan fingerprint density at radius 2 is 1.89 bits per heavy atom. The molecule has 1 N–H and O–H groups in total. The smallest absolute Gasteiger partial charge is 0.325 e. The summed E-state index contributed by atoms with van der Waals surface area (Å²) in [5, 5.41) is 8.72. The van der Waals surface area contributed by atoms with Crippen LogP contribution in [0.5, 0.6) is 0 Å². The largest absolute Gasteiger partial charge is 0.481 e. The zero-order valence-electron chi connectivity index (χ0n) is 11.3. The van der Waals surface area contributed by atoms with E-state index in [4.69, 9.17) is 5.11 Å². The van der Waals surface area contributed by atoms with Gasteiger partial charge in [0, 0.05) is 26.6 Å². The number of carboxylic acids is 1. The molecule has 0 aromatic carbocycles. The number of methoxy groups -OCH3 is 1. The molecular weight excluding hydrogens is 252 g/mol. The van der Waals surface area contributed by atoms with Crippen molar-refractivity contribution >= 4 is 18.0 Å². The minimum absolute atomic E-state index is 0.0790. The molecule has 2 amide bonds. The van der Waals surface area contributed by atoms with E-state index in [2.05, 4.69) is 4.74 Å². The van der Waals surface area contributed by atoms with Crippen LogP contribution in [-0.2, 0) is 14.3 Å². The van der Waals surface area contributed by atoms with Gasteiger partial charge in [-0.3, -0.25) is 9.59 Å². The first-order chi connectivity index (χ1) is 8.93. The van der Waals surface area contributed by atoms with Crippen molar-refractivity contribution < 1.29 is 24.2 Å². The van der Waals surface area contributed by atoms with Gasteiger partial charge in [-0.25, -0.2) is 4.79 Å². The third-order valence-electron chi connectivity index (χ3n) is 3.27. The van der Waals surface area contributed by atoms with Crippen LogP contribution in [-0.4, -0.2) is 66.7 Å². The Morgan fingerprint density at radius 1 is 1.32 bits per heavy atom. The van der Waals surface area contributed by atoms with Gasteiger partial charge in [0.15, 0.2) is 0 Å². The lowest BCUT2D eigenvalue weighted by atomic mass is 9.94. The number of likely N-dealkylation sites (tertiary alicyclic amines) is 1. The highest BCUT2D eigenvalue weighted by molar-refractivity contribution is 5.80. The fourth-order valence-corrected chi connectivity index (χ4v) is 2.14. The summed E-state index contributed by atoms with van der Waals surface area (Å²) in [5.41, 5.74) is 0. The van der Waals surface area contributed by atoms with Gasteiger partial charge in [0.2, 0.25) is 0 Å². The topological polar surface area (TPSA) is 87.2 Å². The van der Waals surface area contributed by atoms with Crippen molar-refractivity contribution in [3.05, 3.63) is 0 Å². The molecule has 0 atom stereocenters. The normalized spacial score (nSPS) is 16.0. The molecule has 1 rings (SSSR count). The number of nitrogens with zero attached hydrogens (tertiary/aromatic N) is 2. The lowest BCUT2D eigenvalue weighted by molar-refractivity contribution is -0.141. The molecule has 7 heteroatoms. The summed E-state index contributed by atoms with van der Waals surface area (Å²) in [7, 11) is 2.82. The Balaban J connectivity index is 2.40. The lowest BCUT2D eigenvalue weighted by Crippen LogP contribution is -2.46. The summed E-state index contributed by atoms with van der Waals surface area (Å²) in [5.74, 6) is -1.13. The second-order valence-corrected chi connectivity index (χ2v) is 4.74. The molecule has 0 unspecified atom stereocenters. The number of piperidine rings is 1. The summed E-state index contributed by atoms with van der Waals surface area (Å²) in [6.45, 7) is 0.981. The van der Waals surface area contributed by atoms with Crippen LogP contribution >= 0.6 is 0 Å². The van der Waals surface area contributed by atoms with Crippen molar-refractivity contribution in [3.63, 3.8) is 0 Å². The van der Waals surface area contributed by atoms with Gasteiger partial charge in [-0.1, -0.05) is 0 Å². The minimum Gasteiger partial charge on any atom is -0.481 e. The van der Waals surface area contributed by atoms with Crippen molar-refractivity contribution in [2.24, 2.45) is 5.92 Å². The van der Waals surface area contributed by atoms with Crippen LogP contribution in [0, 0.1) is 5.92 Å². The lowest BCUT2D eigenvalue weighted by Gasteiger charge is -2.33. The summed E-state index contributed by atoms with van der Waals surface area (Å²) in [6.07, 6.45) is 1.52. The summed E-state index contributed by atoms with van der Waals surface area (Å²) < 4.78 is 4.50. The first-order valence-electron chi connectivity index (χ1n) is 6.22. The number of urea groups is 1. The molecule has 108 valence electrons. The molecule has 19 heavy (non-hydrogen) atoms. The van der Waals surface area contributed by atoms with Crippen LogP contribution in [0.15, 0.2) is 0 Å². The molecule has 7 nitrogen and oxygen atoms in total. The second-order valence-electron chi connectivity index (χ2n) is 4.74. The van der Waals surface area contributed by atoms with Crippen molar-refractivity contribution in [2.75, 3.05) is 33.8 Å². The van der Waals surface area contributed by atoms with Crippen molar-refractivity contribution in [2.45, 2.75) is 19.3 Å². The van der Waals surface area contributed by atoms with Crippen molar-refractivity contribution in [1.29, 1.82) is 0 Å². The number of aliphatic carboxylic acids is 1. The predicted octanol–water partition coefficient (Wildman–Crippen LogP) is 0.398. The van der Waals surface area contributed by atoms with E-state index in [9.17, 15) is 14.4 Å². The maximum atomic E-state index is 12.0. The molecule has 1 aliphatic heterocycles. The maximum Gasteiger partial charge on any atom is 0.325 e. The Morgan fingerprint density at radius 3 is 2.37 bits per heavy atom. The van der Waals surface area contributed by atoms with E-state index in [0.717, 1.165) is 0 Å². The second kappa shape index (κ2) is 6.96. The quantitative estimate of drug-likeness (QED) is 0.748. The Hall–Kier alpha value is -1.79. The number of carbonyl (C=O) groups is 3. The predicted molar refractivity (Wildman–Crippen MR) is 66.6 cm³/mol. The standard InChI is InChI=1S/C12H20N2O5/c1-13(8-11(17)19-2)12(18)14-5-3-9(4-6-14)7-10(15)16/h9H,3-8H2,1-2H3,(H,15,16). The number of likely N-dealkylation sites (N-methyl/N-ethyl adjacent to an activating group) is 1. The van der Waals surface area contributed by atoms with Crippen LogP contribution in [0.2, 0.25) is 0 Å². The van der Waals surface area contributed by atoms with Gasteiger partial charge in [-0.05, 0) is 18.8 Å². The van der Waals surface area contributed by atoms with Crippen molar-refractivity contribution in [3.8, 4) is 0 Å². The Bertz CT molecular complexity index is 350. The van der Waals surface area contributed by atoms with Crippen LogP contribution < -0.4 is 0 Å². The Kier molecular flexibility index (Phi) is 5.59. The molecule has 0 saturated carbocycles. The molecular formula is C12H20N2O5.